The van der Waals surface area contributed by atoms with Crippen molar-refractivity contribution in [3.8, 4) is 0 Å². The first kappa shape index (κ1) is 11.6. The van der Waals surface area contributed by atoms with Gasteiger partial charge >= 0.3 is 0 Å². The summed E-state index contributed by atoms with van der Waals surface area (Å²) < 4.78 is 0. The molecule has 0 bridgehead atoms. The molecule has 0 spiro atoms. The summed E-state index contributed by atoms with van der Waals surface area (Å²) in [6.45, 7) is 1.56. The van der Waals surface area contributed by atoms with Crippen LogP contribution in [0.15, 0.2) is 30.3 Å². The molecule has 1 aliphatic heterocycles. The molecule has 5 N–H and O–H groups in total. The normalized spacial score (nSPS) is 30.2. The fraction of sp³-hybridized carbons (Fsp3) is 0.538. The molecule has 0 aliphatic carbocycles. The molecule has 0 aromatic heterocycles. The molecule has 1 aliphatic rings. The average Bonchev–Trinajstić information content (AvgIpc) is 2.30. The molecule has 1 saturated heterocycles. The van der Waals surface area contributed by atoms with Gasteiger partial charge in [-0.05, 0) is 31.4 Å². The molecule has 1 heterocycles. The van der Waals surface area contributed by atoms with Gasteiger partial charge in [-0.25, -0.2) is 0 Å². The van der Waals surface area contributed by atoms with Crippen molar-refractivity contribution in [2.24, 2.45) is 11.5 Å². The van der Waals surface area contributed by atoms with E-state index in [-0.39, 0.29) is 5.54 Å². The van der Waals surface area contributed by atoms with E-state index in [1.807, 2.05) is 6.07 Å². The maximum absolute atomic E-state index is 6.24. The summed E-state index contributed by atoms with van der Waals surface area (Å²) in [5.74, 6) is 0. The highest BCUT2D eigenvalue weighted by Crippen LogP contribution is 2.20. The van der Waals surface area contributed by atoms with Gasteiger partial charge in [0.1, 0.15) is 0 Å². The molecule has 1 aromatic carbocycles. The fourth-order valence-electron chi connectivity index (χ4n) is 2.42. The van der Waals surface area contributed by atoms with Crippen LogP contribution in [-0.4, -0.2) is 24.7 Å². The Balaban J connectivity index is 1.96. The predicted octanol–water partition coefficient (Wildman–Crippen LogP) is 0.637. The van der Waals surface area contributed by atoms with Gasteiger partial charge in [-0.3, -0.25) is 0 Å². The summed E-state index contributed by atoms with van der Waals surface area (Å²) in [4.78, 5) is 0. The first-order valence-corrected chi connectivity index (χ1v) is 5.98. The Morgan fingerprint density at radius 3 is 2.75 bits per heavy atom. The van der Waals surface area contributed by atoms with Crippen LogP contribution in [-0.2, 0) is 6.42 Å². The minimum Gasteiger partial charge on any atom is -0.329 e. The van der Waals surface area contributed by atoms with Crippen LogP contribution >= 0.6 is 0 Å². The zero-order valence-electron chi connectivity index (χ0n) is 9.65. The lowest BCUT2D eigenvalue weighted by atomic mass is 9.83. The Morgan fingerprint density at radius 2 is 2.06 bits per heavy atom. The number of nitrogens with one attached hydrogen (secondary N) is 1. The second-order valence-corrected chi connectivity index (χ2v) is 4.86. The van der Waals surface area contributed by atoms with E-state index in [1.54, 1.807) is 0 Å². The summed E-state index contributed by atoms with van der Waals surface area (Å²) in [5.41, 5.74) is 13.2. The topological polar surface area (TPSA) is 64.1 Å². The van der Waals surface area contributed by atoms with Crippen molar-refractivity contribution in [2.75, 3.05) is 13.1 Å². The number of piperidine rings is 1. The third kappa shape index (κ3) is 2.82. The second kappa shape index (κ2) is 4.95. The van der Waals surface area contributed by atoms with E-state index in [1.165, 1.54) is 5.56 Å². The molecular weight excluding hydrogens is 198 g/mol. The van der Waals surface area contributed by atoms with Gasteiger partial charge in [0, 0.05) is 18.1 Å². The highest BCUT2D eigenvalue weighted by atomic mass is 15.0. The molecule has 3 heteroatoms. The highest BCUT2D eigenvalue weighted by molar-refractivity contribution is 5.16. The van der Waals surface area contributed by atoms with Crippen molar-refractivity contribution in [1.29, 1.82) is 0 Å². The van der Waals surface area contributed by atoms with E-state index in [0.717, 1.165) is 25.8 Å². The van der Waals surface area contributed by atoms with Gasteiger partial charge < -0.3 is 16.8 Å². The third-order valence-electron chi connectivity index (χ3n) is 3.44. The van der Waals surface area contributed by atoms with Crippen molar-refractivity contribution in [3.63, 3.8) is 0 Å². The Labute approximate surface area is 97.2 Å². The van der Waals surface area contributed by atoms with Crippen LogP contribution in [0.25, 0.3) is 0 Å². The van der Waals surface area contributed by atoms with Crippen LogP contribution in [0.5, 0.6) is 0 Å². The van der Waals surface area contributed by atoms with Crippen molar-refractivity contribution < 1.29 is 0 Å². The maximum Gasteiger partial charge on any atom is 0.0305 e. The molecule has 0 saturated carbocycles. The van der Waals surface area contributed by atoms with Gasteiger partial charge in [0.25, 0.3) is 0 Å². The summed E-state index contributed by atoms with van der Waals surface area (Å²) in [6, 6.07) is 11.0. The van der Waals surface area contributed by atoms with Crippen molar-refractivity contribution in [3.05, 3.63) is 35.9 Å². The predicted molar refractivity (Wildman–Crippen MR) is 67.1 cm³/mol. The lowest BCUT2D eigenvalue weighted by Gasteiger charge is -2.38. The van der Waals surface area contributed by atoms with Crippen LogP contribution in [0.4, 0.5) is 0 Å². The van der Waals surface area contributed by atoms with Gasteiger partial charge in [0.2, 0.25) is 0 Å². The quantitative estimate of drug-likeness (QED) is 0.699. The highest BCUT2D eigenvalue weighted by Gasteiger charge is 2.31. The number of hydrogen-bond acceptors (Lipinski definition) is 3. The van der Waals surface area contributed by atoms with Crippen LogP contribution < -0.4 is 16.8 Å². The van der Waals surface area contributed by atoms with Gasteiger partial charge in [0.15, 0.2) is 0 Å². The van der Waals surface area contributed by atoms with Crippen LogP contribution in [0.2, 0.25) is 0 Å². The lowest BCUT2D eigenvalue weighted by Crippen LogP contribution is -2.57. The number of benzene rings is 1. The summed E-state index contributed by atoms with van der Waals surface area (Å²) in [6.07, 6.45) is 2.99. The van der Waals surface area contributed by atoms with E-state index in [4.69, 9.17) is 11.5 Å². The SMILES string of the molecule is NCC1(N)CCNC(Cc2ccccc2)C1. The Hall–Kier alpha value is -0.900. The first-order valence-electron chi connectivity index (χ1n) is 5.98. The van der Waals surface area contributed by atoms with Gasteiger partial charge in [0.05, 0.1) is 0 Å². The smallest absolute Gasteiger partial charge is 0.0305 e. The molecule has 3 nitrogen and oxygen atoms in total. The lowest BCUT2D eigenvalue weighted by molar-refractivity contribution is 0.260. The van der Waals surface area contributed by atoms with E-state index in [2.05, 4.69) is 29.6 Å². The van der Waals surface area contributed by atoms with Crippen LogP contribution in [0.1, 0.15) is 18.4 Å². The van der Waals surface area contributed by atoms with Crippen molar-refractivity contribution in [2.45, 2.75) is 30.8 Å². The van der Waals surface area contributed by atoms with Gasteiger partial charge in [-0.2, -0.15) is 0 Å². The summed E-state index contributed by atoms with van der Waals surface area (Å²) in [7, 11) is 0. The minimum absolute atomic E-state index is 0.162. The Morgan fingerprint density at radius 1 is 1.31 bits per heavy atom. The largest absolute Gasteiger partial charge is 0.329 e. The first-order chi connectivity index (χ1) is 7.72. The molecular formula is C13H21N3. The fourth-order valence-corrected chi connectivity index (χ4v) is 2.42. The second-order valence-electron chi connectivity index (χ2n) is 4.86. The summed E-state index contributed by atoms with van der Waals surface area (Å²) >= 11 is 0. The number of hydrogen-bond donors (Lipinski definition) is 3. The Bertz CT molecular complexity index is 325. The van der Waals surface area contributed by atoms with Crippen LogP contribution in [0, 0.1) is 0 Å². The molecule has 2 unspecified atom stereocenters. The molecule has 0 amide bonds. The van der Waals surface area contributed by atoms with Crippen molar-refractivity contribution >= 4 is 0 Å². The van der Waals surface area contributed by atoms with E-state index in [9.17, 15) is 0 Å². The number of nitrogens with two attached hydrogens (primary N) is 2. The van der Waals surface area contributed by atoms with Gasteiger partial charge in [-0.15, -0.1) is 0 Å². The molecule has 0 radical (unpaired) electrons. The standard InChI is InChI=1S/C13H21N3/c14-10-13(15)6-7-16-12(9-13)8-11-4-2-1-3-5-11/h1-5,12,16H,6-10,14-15H2. The molecule has 2 rings (SSSR count). The maximum atomic E-state index is 6.24. The molecule has 16 heavy (non-hydrogen) atoms. The summed E-state index contributed by atoms with van der Waals surface area (Å²) in [5, 5.41) is 3.52. The zero-order valence-corrected chi connectivity index (χ0v) is 9.65. The third-order valence-corrected chi connectivity index (χ3v) is 3.44. The van der Waals surface area contributed by atoms with E-state index < -0.39 is 0 Å². The monoisotopic (exact) mass is 219 g/mol. The molecule has 1 aromatic rings. The van der Waals surface area contributed by atoms with E-state index >= 15 is 0 Å². The Kier molecular flexibility index (Phi) is 3.59. The molecule has 88 valence electrons. The molecule has 2 atom stereocenters. The van der Waals surface area contributed by atoms with E-state index in [0.29, 0.717) is 12.6 Å². The minimum atomic E-state index is -0.162. The zero-order chi connectivity index (χ0) is 11.4. The molecule has 1 fully saturated rings. The van der Waals surface area contributed by atoms with Crippen LogP contribution in [0.3, 0.4) is 0 Å². The van der Waals surface area contributed by atoms with Gasteiger partial charge in [-0.1, -0.05) is 30.3 Å². The number of rotatable bonds is 3. The average molecular weight is 219 g/mol. The van der Waals surface area contributed by atoms with Crippen molar-refractivity contribution in [1.82, 2.24) is 5.32 Å².